The standard InChI is InChI=1S/C17H27N3O/c1-6-16-15(11-13(2)3)17(18-21-16)20-9-7-19(8-10-20)12-14(4)5/h6,11,14H,1,7-10,12H2,2-5H3. The number of rotatable bonds is 5. The van der Waals surface area contributed by atoms with E-state index in [0.29, 0.717) is 0 Å². The molecule has 1 fully saturated rings. The van der Waals surface area contributed by atoms with Crippen molar-refractivity contribution in [3.05, 3.63) is 23.5 Å². The summed E-state index contributed by atoms with van der Waals surface area (Å²) in [5.74, 6) is 2.43. The van der Waals surface area contributed by atoms with Crippen molar-refractivity contribution < 1.29 is 4.52 Å². The van der Waals surface area contributed by atoms with E-state index in [-0.39, 0.29) is 0 Å². The van der Waals surface area contributed by atoms with Crippen LogP contribution in [0.25, 0.3) is 12.2 Å². The third kappa shape index (κ3) is 3.97. The van der Waals surface area contributed by atoms with Gasteiger partial charge in [0.15, 0.2) is 11.6 Å². The Hall–Kier alpha value is -1.55. The van der Waals surface area contributed by atoms with Gasteiger partial charge in [0.05, 0.1) is 5.56 Å². The molecule has 1 saturated heterocycles. The van der Waals surface area contributed by atoms with E-state index in [4.69, 9.17) is 4.52 Å². The smallest absolute Gasteiger partial charge is 0.180 e. The van der Waals surface area contributed by atoms with Gasteiger partial charge in [-0.25, -0.2) is 0 Å². The Labute approximate surface area is 128 Å². The van der Waals surface area contributed by atoms with Gasteiger partial charge in [0.1, 0.15) is 0 Å². The molecule has 1 aromatic rings. The van der Waals surface area contributed by atoms with Crippen LogP contribution in [0.1, 0.15) is 39.0 Å². The molecule has 0 N–H and O–H groups in total. The molecule has 0 amide bonds. The van der Waals surface area contributed by atoms with Gasteiger partial charge < -0.3 is 9.42 Å². The predicted molar refractivity (Wildman–Crippen MR) is 89.4 cm³/mol. The highest BCUT2D eigenvalue weighted by Gasteiger charge is 2.23. The maximum absolute atomic E-state index is 5.42. The number of nitrogens with zero attached hydrogens (tertiary/aromatic N) is 3. The molecule has 0 radical (unpaired) electrons. The second-order valence-corrected chi connectivity index (χ2v) is 6.39. The first-order valence-electron chi connectivity index (χ1n) is 7.75. The van der Waals surface area contributed by atoms with Gasteiger partial charge in [0.25, 0.3) is 0 Å². The molecule has 0 aromatic carbocycles. The lowest BCUT2D eigenvalue weighted by Gasteiger charge is -2.35. The summed E-state index contributed by atoms with van der Waals surface area (Å²) >= 11 is 0. The molecule has 1 aromatic heterocycles. The zero-order valence-electron chi connectivity index (χ0n) is 13.7. The van der Waals surface area contributed by atoms with Gasteiger partial charge in [-0.15, -0.1) is 0 Å². The average Bonchev–Trinajstić information content (AvgIpc) is 2.81. The van der Waals surface area contributed by atoms with Crippen LogP contribution in [0.3, 0.4) is 0 Å². The molecule has 0 unspecified atom stereocenters. The van der Waals surface area contributed by atoms with Crippen molar-refractivity contribution in [3.8, 4) is 0 Å². The summed E-state index contributed by atoms with van der Waals surface area (Å²) < 4.78 is 5.42. The first-order chi connectivity index (χ1) is 10.0. The Kier molecular flexibility index (Phi) is 5.23. The van der Waals surface area contributed by atoms with Crippen LogP contribution in [0.5, 0.6) is 0 Å². The maximum atomic E-state index is 5.42. The first-order valence-corrected chi connectivity index (χ1v) is 7.75. The summed E-state index contributed by atoms with van der Waals surface area (Å²) in [7, 11) is 0. The molecule has 0 spiro atoms. The van der Waals surface area contributed by atoms with Crippen molar-refractivity contribution in [1.29, 1.82) is 0 Å². The van der Waals surface area contributed by atoms with E-state index in [1.165, 1.54) is 12.1 Å². The lowest BCUT2D eigenvalue weighted by Crippen LogP contribution is -2.47. The third-order valence-electron chi connectivity index (χ3n) is 3.65. The van der Waals surface area contributed by atoms with E-state index in [2.05, 4.69) is 55.3 Å². The highest BCUT2D eigenvalue weighted by atomic mass is 16.5. The number of aromatic nitrogens is 1. The van der Waals surface area contributed by atoms with E-state index in [1.54, 1.807) is 6.08 Å². The van der Waals surface area contributed by atoms with Crippen LogP contribution in [-0.4, -0.2) is 42.8 Å². The van der Waals surface area contributed by atoms with Crippen LogP contribution in [-0.2, 0) is 0 Å². The lowest BCUT2D eigenvalue weighted by atomic mass is 10.1. The van der Waals surface area contributed by atoms with Crippen LogP contribution < -0.4 is 4.90 Å². The summed E-state index contributed by atoms with van der Waals surface area (Å²) in [6.45, 7) is 17.9. The Morgan fingerprint density at radius 1 is 1.29 bits per heavy atom. The van der Waals surface area contributed by atoms with E-state index in [9.17, 15) is 0 Å². The zero-order valence-corrected chi connectivity index (χ0v) is 13.7. The molecule has 4 nitrogen and oxygen atoms in total. The quantitative estimate of drug-likeness (QED) is 0.830. The fourth-order valence-corrected chi connectivity index (χ4v) is 2.76. The second kappa shape index (κ2) is 6.94. The van der Waals surface area contributed by atoms with Crippen LogP contribution in [0.2, 0.25) is 0 Å². The van der Waals surface area contributed by atoms with E-state index >= 15 is 0 Å². The molecule has 1 aliphatic rings. The molecule has 116 valence electrons. The average molecular weight is 289 g/mol. The monoisotopic (exact) mass is 289 g/mol. The van der Waals surface area contributed by atoms with Gasteiger partial charge in [0.2, 0.25) is 0 Å². The summed E-state index contributed by atoms with van der Waals surface area (Å²) in [4.78, 5) is 4.85. The number of hydrogen-bond acceptors (Lipinski definition) is 4. The molecule has 2 rings (SSSR count). The summed E-state index contributed by atoms with van der Waals surface area (Å²) in [5.41, 5.74) is 2.29. The fraction of sp³-hybridized carbons (Fsp3) is 0.588. The van der Waals surface area contributed by atoms with Crippen LogP contribution in [0, 0.1) is 5.92 Å². The molecule has 0 aliphatic carbocycles. The first kappa shape index (κ1) is 15.8. The van der Waals surface area contributed by atoms with Crippen molar-refractivity contribution in [2.45, 2.75) is 27.7 Å². The highest BCUT2D eigenvalue weighted by molar-refractivity contribution is 5.72. The molecule has 0 saturated carbocycles. The molecule has 4 heteroatoms. The molecule has 2 heterocycles. The third-order valence-corrected chi connectivity index (χ3v) is 3.65. The minimum absolute atomic E-state index is 0.720. The molecule has 1 aliphatic heterocycles. The molecule has 0 atom stereocenters. The van der Waals surface area contributed by atoms with E-state index < -0.39 is 0 Å². The highest BCUT2D eigenvalue weighted by Crippen LogP contribution is 2.27. The van der Waals surface area contributed by atoms with Gasteiger partial charge in [-0.1, -0.05) is 31.2 Å². The predicted octanol–water partition coefficient (Wildman–Crippen LogP) is 3.52. The van der Waals surface area contributed by atoms with Crippen molar-refractivity contribution in [2.24, 2.45) is 5.92 Å². The molecular formula is C17H27N3O. The summed E-state index contributed by atoms with van der Waals surface area (Å²) in [5, 5.41) is 4.27. The van der Waals surface area contributed by atoms with Gasteiger partial charge in [-0.2, -0.15) is 0 Å². The van der Waals surface area contributed by atoms with Gasteiger partial charge >= 0.3 is 0 Å². The van der Waals surface area contributed by atoms with E-state index in [0.717, 1.165) is 49.2 Å². The minimum atomic E-state index is 0.720. The number of piperazine rings is 1. The molecule has 0 bridgehead atoms. The Bertz CT molecular complexity index is 504. The largest absolute Gasteiger partial charge is 0.354 e. The number of hydrogen-bond donors (Lipinski definition) is 0. The van der Waals surface area contributed by atoms with Gasteiger partial charge in [-0.05, 0) is 31.9 Å². The number of allylic oxidation sites excluding steroid dienone is 1. The zero-order chi connectivity index (χ0) is 15.4. The van der Waals surface area contributed by atoms with Gasteiger partial charge in [-0.3, -0.25) is 4.90 Å². The topological polar surface area (TPSA) is 32.5 Å². The second-order valence-electron chi connectivity index (χ2n) is 6.39. The minimum Gasteiger partial charge on any atom is -0.354 e. The van der Waals surface area contributed by atoms with Crippen molar-refractivity contribution in [2.75, 3.05) is 37.6 Å². The normalized spacial score (nSPS) is 16.3. The summed E-state index contributed by atoms with van der Waals surface area (Å²) in [6, 6.07) is 0. The Morgan fingerprint density at radius 3 is 2.48 bits per heavy atom. The van der Waals surface area contributed by atoms with Crippen LogP contribution in [0.15, 0.2) is 16.7 Å². The molecule has 21 heavy (non-hydrogen) atoms. The fourth-order valence-electron chi connectivity index (χ4n) is 2.76. The lowest BCUT2D eigenvalue weighted by molar-refractivity contribution is 0.230. The molecular weight excluding hydrogens is 262 g/mol. The SMILES string of the molecule is C=Cc1onc(N2CCN(CC(C)C)CC2)c1C=C(C)C. The van der Waals surface area contributed by atoms with Gasteiger partial charge in [0, 0.05) is 32.7 Å². The van der Waals surface area contributed by atoms with Crippen molar-refractivity contribution >= 4 is 18.0 Å². The van der Waals surface area contributed by atoms with Crippen molar-refractivity contribution in [3.63, 3.8) is 0 Å². The van der Waals surface area contributed by atoms with Crippen LogP contribution >= 0.6 is 0 Å². The number of anilines is 1. The maximum Gasteiger partial charge on any atom is 0.180 e. The van der Waals surface area contributed by atoms with Crippen LogP contribution in [0.4, 0.5) is 5.82 Å². The van der Waals surface area contributed by atoms with Crippen molar-refractivity contribution in [1.82, 2.24) is 10.1 Å². The van der Waals surface area contributed by atoms with E-state index in [1.807, 2.05) is 0 Å². The Balaban J connectivity index is 2.12. The summed E-state index contributed by atoms with van der Waals surface area (Å²) in [6.07, 6.45) is 3.86. The Morgan fingerprint density at radius 2 is 1.95 bits per heavy atom.